The Kier molecular flexibility index (Phi) is 3.67. The van der Waals surface area contributed by atoms with Gasteiger partial charge in [0, 0.05) is 12.6 Å². The summed E-state index contributed by atoms with van der Waals surface area (Å²) in [6.07, 6.45) is 0. The summed E-state index contributed by atoms with van der Waals surface area (Å²) in [4.78, 5) is 11.5. The Labute approximate surface area is 90.2 Å². The molecule has 80 valence electrons. The van der Waals surface area contributed by atoms with Crippen LogP contribution in [0.3, 0.4) is 0 Å². The summed E-state index contributed by atoms with van der Waals surface area (Å²) < 4.78 is 1.69. The van der Waals surface area contributed by atoms with Crippen LogP contribution in [0.4, 0.5) is 0 Å². The number of fused-ring (bicyclic) bond motifs is 1. The summed E-state index contributed by atoms with van der Waals surface area (Å²) in [5.41, 5.74) is 1.86. The highest BCUT2D eigenvalue weighted by molar-refractivity contribution is 5.79. The fourth-order valence-electron chi connectivity index (χ4n) is 1.58. The maximum absolute atomic E-state index is 11.5. The molecule has 15 heavy (non-hydrogen) atoms. The molecular weight excluding hydrogens is 186 g/mol. The first-order valence-corrected chi connectivity index (χ1v) is 5.25. The number of hydrogen-bond donors (Lipinski definition) is 0. The third kappa shape index (κ3) is 2.09. The van der Waals surface area contributed by atoms with Crippen LogP contribution in [-0.4, -0.2) is 4.57 Å². The standard InChI is InChI=1S/C11H11NO.C2H6/c1-8-7-9-5-3-4-6-10(9)12(2)11(8)13;1-2/h3-7H,1-2H3;1-2H3. The first-order valence-electron chi connectivity index (χ1n) is 5.25. The fraction of sp³-hybridized carbons (Fsp3) is 0.308. The average Bonchev–Trinajstić information content (AvgIpc) is 2.29. The minimum atomic E-state index is 0.0821. The van der Waals surface area contributed by atoms with Gasteiger partial charge in [-0.05, 0) is 24.4 Å². The van der Waals surface area contributed by atoms with Crippen molar-refractivity contribution in [2.45, 2.75) is 20.8 Å². The van der Waals surface area contributed by atoms with Gasteiger partial charge in [-0.2, -0.15) is 0 Å². The van der Waals surface area contributed by atoms with Crippen molar-refractivity contribution in [2.24, 2.45) is 7.05 Å². The average molecular weight is 203 g/mol. The van der Waals surface area contributed by atoms with Crippen molar-refractivity contribution in [2.75, 3.05) is 0 Å². The smallest absolute Gasteiger partial charge is 0.253 e. The Morgan fingerprint density at radius 1 is 1.13 bits per heavy atom. The van der Waals surface area contributed by atoms with Crippen molar-refractivity contribution >= 4 is 10.9 Å². The molecule has 0 N–H and O–H groups in total. The Hall–Kier alpha value is -1.57. The van der Waals surface area contributed by atoms with Crippen molar-refractivity contribution < 1.29 is 0 Å². The second-order valence-electron chi connectivity index (χ2n) is 3.25. The minimum absolute atomic E-state index is 0.0821. The van der Waals surface area contributed by atoms with Gasteiger partial charge in [0.15, 0.2) is 0 Å². The third-order valence-electron chi connectivity index (χ3n) is 2.31. The molecule has 0 unspecified atom stereocenters. The lowest BCUT2D eigenvalue weighted by Crippen LogP contribution is -2.18. The fourth-order valence-corrected chi connectivity index (χ4v) is 1.58. The highest BCUT2D eigenvalue weighted by atomic mass is 16.1. The quantitative estimate of drug-likeness (QED) is 0.645. The van der Waals surface area contributed by atoms with Crippen LogP contribution in [-0.2, 0) is 7.05 Å². The highest BCUT2D eigenvalue weighted by Gasteiger charge is 2.00. The van der Waals surface area contributed by atoms with E-state index in [1.165, 1.54) is 0 Å². The van der Waals surface area contributed by atoms with E-state index in [0.717, 1.165) is 16.5 Å². The molecule has 0 saturated carbocycles. The summed E-state index contributed by atoms with van der Waals surface area (Å²) in [5, 5.41) is 1.11. The van der Waals surface area contributed by atoms with E-state index in [0.29, 0.717) is 0 Å². The van der Waals surface area contributed by atoms with Crippen molar-refractivity contribution in [3.8, 4) is 0 Å². The molecule has 0 fully saturated rings. The lowest BCUT2D eigenvalue weighted by Gasteiger charge is -2.05. The molecule has 1 heterocycles. The number of hydrogen-bond acceptors (Lipinski definition) is 1. The molecule has 2 rings (SSSR count). The van der Waals surface area contributed by atoms with Crippen LogP contribution in [0.5, 0.6) is 0 Å². The van der Waals surface area contributed by atoms with Gasteiger partial charge < -0.3 is 4.57 Å². The Bertz CT molecular complexity index is 511. The molecule has 0 aliphatic carbocycles. The normalized spacial score (nSPS) is 9.60. The Morgan fingerprint density at radius 2 is 1.73 bits per heavy atom. The van der Waals surface area contributed by atoms with Gasteiger partial charge in [-0.15, -0.1) is 0 Å². The monoisotopic (exact) mass is 203 g/mol. The molecule has 0 atom stereocenters. The number of aromatic nitrogens is 1. The number of aryl methyl sites for hydroxylation is 2. The van der Waals surface area contributed by atoms with E-state index in [1.54, 1.807) is 11.6 Å². The van der Waals surface area contributed by atoms with Crippen LogP contribution in [0.15, 0.2) is 35.1 Å². The van der Waals surface area contributed by atoms with Crippen LogP contribution >= 0.6 is 0 Å². The van der Waals surface area contributed by atoms with Crippen molar-refractivity contribution in [3.05, 3.63) is 46.2 Å². The number of rotatable bonds is 0. The van der Waals surface area contributed by atoms with Gasteiger partial charge in [-0.25, -0.2) is 0 Å². The lowest BCUT2D eigenvalue weighted by atomic mass is 10.1. The van der Waals surface area contributed by atoms with Gasteiger partial charge in [0.1, 0.15) is 0 Å². The van der Waals surface area contributed by atoms with Gasteiger partial charge >= 0.3 is 0 Å². The number of nitrogens with zero attached hydrogens (tertiary/aromatic N) is 1. The third-order valence-corrected chi connectivity index (χ3v) is 2.31. The van der Waals surface area contributed by atoms with E-state index in [4.69, 9.17) is 0 Å². The van der Waals surface area contributed by atoms with E-state index in [-0.39, 0.29) is 5.56 Å². The van der Waals surface area contributed by atoms with Gasteiger partial charge in [-0.3, -0.25) is 4.79 Å². The van der Waals surface area contributed by atoms with Crippen LogP contribution in [0.25, 0.3) is 10.9 Å². The second kappa shape index (κ2) is 4.78. The van der Waals surface area contributed by atoms with E-state index in [2.05, 4.69) is 0 Å². The summed E-state index contributed by atoms with van der Waals surface area (Å²) in [6.45, 7) is 5.84. The zero-order chi connectivity index (χ0) is 11.4. The first kappa shape index (κ1) is 11.5. The van der Waals surface area contributed by atoms with E-state index >= 15 is 0 Å². The SMILES string of the molecule is CC.Cc1cc2ccccc2n(C)c1=O. The van der Waals surface area contributed by atoms with Gasteiger partial charge in [0.25, 0.3) is 5.56 Å². The van der Waals surface area contributed by atoms with Crippen LogP contribution < -0.4 is 5.56 Å². The van der Waals surface area contributed by atoms with Gasteiger partial charge in [0.2, 0.25) is 0 Å². The molecule has 1 aromatic carbocycles. The summed E-state index contributed by atoms with van der Waals surface area (Å²) in [7, 11) is 1.80. The topological polar surface area (TPSA) is 22.0 Å². The highest BCUT2D eigenvalue weighted by Crippen LogP contribution is 2.11. The molecule has 2 nitrogen and oxygen atoms in total. The summed E-state index contributed by atoms with van der Waals surface area (Å²) in [5.74, 6) is 0. The number of pyridine rings is 1. The minimum Gasteiger partial charge on any atom is -0.311 e. The van der Waals surface area contributed by atoms with Crippen LogP contribution in [0.1, 0.15) is 19.4 Å². The molecule has 0 radical (unpaired) electrons. The summed E-state index contributed by atoms with van der Waals surface area (Å²) >= 11 is 0. The maximum atomic E-state index is 11.5. The second-order valence-corrected chi connectivity index (χ2v) is 3.25. The van der Waals surface area contributed by atoms with Crippen LogP contribution in [0.2, 0.25) is 0 Å². The molecule has 2 heteroatoms. The molecule has 1 aromatic heterocycles. The predicted octanol–water partition coefficient (Wildman–Crippen LogP) is 2.87. The molecule has 0 amide bonds. The maximum Gasteiger partial charge on any atom is 0.253 e. The lowest BCUT2D eigenvalue weighted by molar-refractivity contribution is 0.893. The zero-order valence-corrected chi connectivity index (χ0v) is 9.74. The summed E-state index contributed by atoms with van der Waals surface area (Å²) in [6, 6.07) is 9.82. The van der Waals surface area contributed by atoms with Crippen LogP contribution in [0, 0.1) is 6.92 Å². The first-order chi connectivity index (χ1) is 7.20. The number of para-hydroxylation sites is 1. The molecule has 0 bridgehead atoms. The van der Waals surface area contributed by atoms with E-state index in [1.807, 2.05) is 51.1 Å². The van der Waals surface area contributed by atoms with Crippen molar-refractivity contribution in [3.63, 3.8) is 0 Å². The molecular formula is C13H17NO. The predicted molar refractivity (Wildman–Crippen MR) is 65.3 cm³/mol. The molecule has 0 aliphatic heterocycles. The molecule has 2 aromatic rings. The molecule has 0 saturated heterocycles. The van der Waals surface area contributed by atoms with Crippen molar-refractivity contribution in [1.29, 1.82) is 0 Å². The van der Waals surface area contributed by atoms with E-state index < -0.39 is 0 Å². The molecule has 0 aliphatic rings. The van der Waals surface area contributed by atoms with E-state index in [9.17, 15) is 4.79 Å². The van der Waals surface area contributed by atoms with Gasteiger partial charge in [0.05, 0.1) is 5.52 Å². The van der Waals surface area contributed by atoms with Gasteiger partial charge in [-0.1, -0.05) is 32.0 Å². The number of benzene rings is 1. The molecule has 0 spiro atoms. The largest absolute Gasteiger partial charge is 0.311 e. The van der Waals surface area contributed by atoms with Crippen molar-refractivity contribution in [1.82, 2.24) is 4.57 Å². The zero-order valence-electron chi connectivity index (χ0n) is 9.74. The Morgan fingerprint density at radius 3 is 2.40 bits per heavy atom. The Balaban J connectivity index is 0.000000531.